The molecule has 0 aromatic heterocycles. The van der Waals surface area contributed by atoms with Crippen molar-refractivity contribution in [1.29, 1.82) is 0 Å². The Morgan fingerprint density at radius 1 is 1.41 bits per heavy atom. The molecule has 1 atom stereocenters. The monoisotopic (exact) mass is 306 g/mol. The Balaban J connectivity index is 1.95. The summed E-state index contributed by atoms with van der Waals surface area (Å²) in [7, 11) is 0. The van der Waals surface area contributed by atoms with E-state index >= 15 is 0 Å². The van der Waals surface area contributed by atoms with Crippen LogP contribution in [0.5, 0.6) is 5.75 Å². The number of amides is 2. The van der Waals surface area contributed by atoms with Crippen molar-refractivity contribution in [1.82, 2.24) is 5.32 Å². The molecular weight excluding hydrogens is 280 g/mol. The van der Waals surface area contributed by atoms with E-state index in [1.54, 1.807) is 0 Å². The van der Waals surface area contributed by atoms with Crippen molar-refractivity contribution in [2.75, 3.05) is 18.5 Å². The van der Waals surface area contributed by atoms with Crippen molar-refractivity contribution in [3.8, 4) is 5.75 Å². The van der Waals surface area contributed by atoms with E-state index in [1.807, 2.05) is 38.1 Å². The van der Waals surface area contributed by atoms with Gasteiger partial charge in [0, 0.05) is 12.1 Å². The summed E-state index contributed by atoms with van der Waals surface area (Å²) in [6.45, 7) is 4.67. The van der Waals surface area contributed by atoms with Crippen molar-refractivity contribution < 1.29 is 14.6 Å². The standard InChI is InChI=1S/C17H26N2O3/c1-3-17(2,10-11-20)19-16(21)18-14-6-4-5-7-15(14)22-12-13-8-9-13/h4-7,13,20H,3,8-12H2,1-2H3,(H2,18,19,21). The van der Waals surface area contributed by atoms with Crippen molar-refractivity contribution in [3.63, 3.8) is 0 Å². The van der Waals surface area contributed by atoms with E-state index in [1.165, 1.54) is 12.8 Å². The van der Waals surface area contributed by atoms with Gasteiger partial charge in [-0.3, -0.25) is 0 Å². The van der Waals surface area contributed by atoms with Crippen molar-refractivity contribution in [2.45, 2.75) is 45.1 Å². The van der Waals surface area contributed by atoms with Crippen molar-refractivity contribution >= 4 is 11.7 Å². The zero-order valence-electron chi connectivity index (χ0n) is 13.4. The van der Waals surface area contributed by atoms with Crippen LogP contribution in [0.1, 0.15) is 39.5 Å². The van der Waals surface area contributed by atoms with Crippen LogP contribution in [0.2, 0.25) is 0 Å². The van der Waals surface area contributed by atoms with E-state index < -0.39 is 5.54 Å². The summed E-state index contributed by atoms with van der Waals surface area (Å²) in [4.78, 5) is 12.2. The molecular formula is C17H26N2O3. The van der Waals surface area contributed by atoms with Gasteiger partial charge in [-0.25, -0.2) is 4.79 Å². The minimum absolute atomic E-state index is 0.0473. The largest absolute Gasteiger partial charge is 0.491 e. The fourth-order valence-electron chi connectivity index (χ4n) is 2.19. The lowest BCUT2D eigenvalue weighted by Crippen LogP contribution is -2.48. The summed E-state index contributed by atoms with van der Waals surface area (Å²) in [5.41, 5.74) is 0.255. The second-order valence-corrected chi connectivity index (χ2v) is 6.22. The van der Waals surface area contributed by atoms with Gasteiger partial charge in [-0.2, -0.15) is 0 Å². The fraction of sp³-hybridized carbons (Fsp3) is 0.588. The topological polar surface area (TPSA) is 70.6 Å². The molecule has 1 fully saturated rings. The summed E-state index contributed by atoms with van der Waals surface area (Å²) < 4.78 is 5.78. The molecule has 0 bridgehead atoms. The molecule has 1 aromatic carbocycles. The van der Waals surface area contributed by atoms with Gasteiger partial charge in [0.05, 0.1) is 12.3 Å². The van der Waals surface area contributed by atoms with Gasteiger partial charge in [-0.1, -0.05) is 19.1 Å². The molecule has 3 N–H and O–H groups in total. The van der Waals surface area contributed by atoms with Gasteiger partial charge < -0.3 is 20.5 Å². The van der Waals surface area contributed by atoms with Gasteiger partial charge >= 0.3 is 6.03 Å². The van der Waals surface area contributed by atoms with E-state index in [9.17, 15) is 4.79 Å². The minimum Gasteiger partial charge on any atom is -0.491 e. The normalized spacial score (nSPS) is 16.7. The molecule has 1 aromatic rings. The molecule has 1 aliphatic carbocycles. The average Bonchev–Trinajstić information content (AvgIpc) is 3.30. The van der Waals surface area contributed by atoms with Gasteiger partial charge in [-0.15, -0.1) is 0 Å². The third-order valence-corrected chi connectivity index (χ3v) is 4.17. The molecule has 22 heavy (non-hydrogen) atoms. The number of anilines is 1. The molecule has 0 heterocycles. The van der Waals surface area contributed by atoms with Crippen molar-refractivity contribution in [3.05, 3.63) is 24.3 Å². The first-order chi connectivity index (χ1) is 10.6. The summed E-state index contributed by atoms with van der Waals surface area (Å²) >= 11 is 0. The van der Waals surface area contributed by atoms with Crippen LogP contribution >= 0.6 is 0 Å². The van der Waals surface area contributed by atoms with Crippen LogP contribution in [0.15, 0.2) is 24.3 Å². The smallest absolute Gasteiger partial charge is 0.319 e. The number of ether oxygens (including phenoxy) is 1. The molecule has 5 heteroatoms. The Kier molecular flexibility index (Phi) is 5.66. The summed E-state index contributed by atoms with van der Waals surface area (Å²) in [5, 5.41) is 14.9. The molecule has 122 valence electrons. The molecule has 1 saturated carbocycles. The lowest BCUT2D eigenvalue weighted by molar-refractivity contribution is 0.208. The Morgan fingerprint density at radius 3 is 2.77 bits per heavy atom. The first-order valence-corrected chi connectivity index (χ1v) is 7.98. The van der Waals surface area contributed by atoms with E-state index in [4.69, 9.17) is 9.84 Å². The van der Waals surface area contributed by atoms with Crippen LogP contribution in [0.4, 0.5) is 10.5 Å². The zero-order chi connectivity index (χ0) is 16.0. The average molecular weight is 306 g/mol. The number of hydrogen-bond acceptors (Lipinski definition) is 3. The summed E-state index contributed by atoms with van der Waals surface area (Å²) in [6.07, 6.45) is 3.73. The van der Waals surface area contributed by atoms with Gasteiger partial charge in [0.2, 0.25) is 0 Å². The highest BCUT2D eigenvalue weighted by Gasteiger charge is 2.25. The SMILES string of the molecule is CCC(C)(CCO)NC(=O)Nc1ccccc1OCC1CC1. The summed E-state index contributed by atoms with van der Waals surface area (Å²) in [6, 6.07) is 7.18. The number of nitrogens with one attached hydrogen (secondary N) is 2. The van der Waals surface area contributed by atoms with Gasteiger partial charge in [0.15, 0.2) is 0 Å². The van der Waals surface area contributed by atoms with E-state index in [0.29, 0.717) is 30.4 Å². The highest BCUT2D eigenvalue weighted by molar-refractivity contribution is 5.91. The molecule has 0 radical (unpaired) electrons. The van der Waals surface area contributed by atoms with Crippen LogP contribution in [-0.2, 0) is 0 Å². The number of aliphatic hydroxyl groups is 1. The van der Waals surface area contributed by atoms with Crippen molar-refractivity contribution in [2.24, 2.45) is 5.92 Å². The van der Waals surface area contributed by atoms with Crippen LogP contribution in [0, 0.1) is 5.92 Å². The Bertz CT molecular complexity index is 502. The number of carbonyl (C=O) groups excluding carboxylic acids is 1. The van der Waals surface area contributed by atoms with Gasteiger partial charge in [-0.05, 0) is 50.7 Å². The second-order valence-electron chi connectivity index (χ2n) is 6.22. The third kappa shape index (κ3) is 4.91. The lowest BCUT2D eigenvalue weighted by Gasteiger charge is -2.29. The molecule has 0 saturated heterocycles. The molecule has 2 rings (SSSR count). The highest BCUT2D eigenvalue weighted by Crippen LogP contribution is 2.31. The Labute approximate surface area is 132 Å². The Hall–Kier alpha value is -1.75. The van der Waals surface area contributed by atoms with Crippen LogP contribution in [0.25, 0.3) is 0 Å². The number of hydrogen-bond donors (Lipinski definition) is 3. The predicted molar refractivity (Wildman–Crippen MR) is 87.2 cm³/mol. The molecule has 0 spiro atoms. The number of carbonyl (C=O) groups is 1. The van der Waals surface area contributed by atoms with Gasteiger partial charge in [0.1, 0.15) is 5.75 Å². The maximum atomic E-state index is 12.2. The number of benzene rings is 1. The number of aliphatic hydroxyl groups excluding tert-OH is 1. The molecule has 5 nitrogen and oxygen atoms in total. The molecule has 1 aliphatic rings. The number of para-hydroxylation sites is 2. The fourth-order valence-corrected chi connectivity index (χ4v) is 2.19. The van der Waals surface area contributed by atoms with Crippen LogP contribution in [-0.4, -0.2) is 29.9 Å². The Morgan fingerprint density at radius 2 is 2.14 bits per heavy atom. The third-order valence-electron chi connectivity index (χ3n) is 4.17. The predicted octanol–water partition coefficient (Wildman–Crippen LogP) is 3.15. The van der Waals surface area contributed by atoms with Crippen LogP contribution < -0.4 is 15.4 Å². The maximum Gasteiger partial charge on any atom is 0.319 e. The second kappa shape index (κ2) is 7.49. The number of urea groups is 1. The van der Waals surface area contributed by atoms with E-state index in [-0.39, 0.29) is 12.6 Å². The first-order valence-electron chi connectivity index (χ1n) is 7.98. The van der Waals surface area contributed by atoms with E-state index in [0.717, 1.165) is 6.42 Å². The quantitative estimate of drug-likeness (QED) is 0.691. The molecule has 0 aliphatic heterocycles. The van der Waals surface area contributed by atoms with Gasteiger partial charge in [0.25, 0.3) is 0 Å². The lowest BCUT2D eigenvalue weighted by atomic mass is 9.95. The summed E-state index contributed by atoms with van der Waals surface area (Å²) in [5.74, 6) is 1.36. The van der Waals surface area contributed by atoms with Crippen LogP contribution in [0.3, 0.4) is 0 Å². The molecule has 1 unspecified atom stereocenters. The minimum atomic E-state index is -0.414. The number of rotatable bonds is 8. The van der Waals surface area contributed by atoms with E-state index in [2.05, 4.69) is 10.6 Å². The molecule has 2 amide bonds. The first kappa shape index (κ1) is 16.6. The maximum absolute atomic E-state index is 12.2. The highest BCUT2D eigenvalue weighted by atomic mass is 16.5. The zero-order valence-corrected chi connectivity index (χ0v) is 13.4.